The number of sulfonamides is 1. The van der Waals surface area contributed by atoms with Crippen LogP contribution in [0.25, 0.3) is 0 Å². The fourth-order valence-corrected chi connectivity index (χ4v) is 4.08. The Morgan fingerprint density at radius 3 is 2.62 bits per heavy atom. The highest BCUT2D eigenvalue weighted by Gasteiger charge is 2.14. The normalized spacial score (nSPS) is 11.5. The maximum Gasteiger partial charge on any atom is 0.238 e. The van der Waals surface area contributed by atoms with Crippen LogP contribution in [0.3, 0.4) is 0 Å². The summed E-state index contributed by atoms with van der Waals surface area (Å²) in [6, 6.07) is 9.07. The van der Waals surface area contributed by atoms with Crippen LogP contribution in [0.1, 0.15) is 36.8 Å². The summed E-state index contributed by atoms with van der Waals surface area (Å²) in [4.78, 5) is 0. The first-order valence-electron chi connectivity index (χ1n) is 6.96. The third-order valence-electron chi connectivity index (χ3n) is 2.90. The van der Waals surface area contributed by atoms with Gasteiger partial charge in [0.05, 0.1) is 5.75 Å². The Morgan fingerprint density at radius 2 is 1.90 bits per heavy atom. The molecule has 0 bridgehead atoms. The Kier molecular flexibility index (Phi) is 5.69. The molecular formula is C14H19N3O2S2. The van der Waals surface area contributed by atoms with Crippen LogP contribution >= 0.6 is 11.3 Å². The smallest absolute Gasteiger partial charge is 0.238 e. The van der Waals surface area contributed by atoms with Crippen LogP contribution < -0.4 is 4.72 Å². The summed E-state index contributed by atoms with van der Waals surface area (Å²) >= 11 is 1.31. The van der Waals surface area contributed by atoms with Gasteiger partial charge < -0.3 is 0 Å². The summed E-state index contributed by atoms with van der Waals surface area (Å²) in [7, 11) is -3.44. The molecule has 0 saturated carbocycles. The Labute approximate surface area is 129 Å². The van der Waals surface area contributed by atoms with E-state index < -0.39 is 10.0 Å². The lowest BCUT2D eigenvalue weighted by molar-refractivity contribution is 0.600. The molecule has 2 rings (SSSR count). The van der Waals surface area contributed by atoms with E-state index in [-0.39, 0.29) is 5.75 Å². The van der Waals surface area contributed by atoms with Crippen molar-refractivity contribution in [1.82, 2.24) is 10.2 Å². The maximum atomic E-state index is 12.1. The molecule has 0 aliphatic rings. The minimum atomic E-state index is -3.44. The van der Waals surface area contributed by atoms with Crippen LogP contribution in [0.5, 0.6) is 0 Å². The largest absolute Gasteiger partial charge is 0.257 e. The number of benzene rings is 1. The number of aryl methyl sites for hydroxylation is 1. The summed E-state index contributed by atoms with van der Waals surface area (Å²) in [5.41, 5.74) is 0.748. The SMILES string of the molecule is CCCCCc1nnc(NS(=O)(=O)Cc2ccccc2)s1. The first-order valence-corrected chi connectivity index (χ1v) is 9.43. The lowest BCUT2D eigenvalue weighted by atomic mass is 10.2. The third-order valence-corrected chi connectivity index (χ3v) is 5.15. The highest BCUT2D eigenvalue weighted by atomic mass is 32.2. The first kappa shape index (κ1) is 15.9. The molecule has 1 heterocycles. The molecule has 0 amide bonds. The molecule has 1 aromatic heterocycles. The molecule has 0 fully saturated rings. The highest BCUT2D eigenvalue weighted by molar-refractivity contribution is 7.92. The Hall–Kier alpha value is -1.47. The second-order valence-corrected chi connectivity index (χ2v) is 7.59. The van der Waals surface area contributed by atoms with Crippen LogP contribution in [0, 0.1) is 0 Å². The van der Waals surface area contributed by atoms with E-state index in [1.807, 2.05) is 18.2 Å². The second-order valence-electron chi connectivity index (χ2n) is 4.80. The van der Waals surface area contributed by atoms with Gasteiger partial charge in [0.2, 0.25) is 15.2 Å². The number of rotatable bonds is 8. The summed E-state index contributed by atoms with van der Waals surface area (Å²) in [5, 5.41) is 9.14. The minimum Gasteiger partial charge on any atom is -0.257 e. The zero-order chi connectivity index (χ0) is 15.1. The van der Waals surface area contributed by atoms with E-state index in [0.29, 0.717) is 5.13 Å². The maximum absolute atomic E-state index is 12.1. The van der Waals surface area contributed by atoms with Crippen LogP contribution in [0.4, 0.5) is 5.13 Å². The van der Waals surface area contributed by atoms with E-state index in [0.717, 1.165) is 36.3 Å². The topological polar surface area (TPSA) is 72.0 Å². The molecular weight excluding hydrogens is 306 g/mol. The average molecular weight is 325 g/mol. The zero-order valence-corrected chi connectivity index (χ0v) is 13.6. The number of anilines is 1. The van der Waals surface area contributed by atoms with Crippen molar-refractivity contribution in [2.24, 2.45) is 0 Å². The van der Waals surface area contributed by atoms with Gasteiger partial charge in [0, 0.05) is 6.42 Å². The molecule has 0 atom stereocenters. The van der Waals surface area contributed by atoms with Gasteiger partial charge >= 0.3 is 0 Å². The Morgan fingerprint density at radius 1 is 1.14 bits per heavy atom. The fourth-order valence-electron chi connectivity index (χ4n) is 1.88. The summed E-state index contributed by atoms with van der Waals surface area (Å²) in [6.07, 6.45) is 4.21. The molecule has 1 N–H and O–H groups in total. The lowest BCUT2D eigenvalue weighted by Gasteiger charge is -2.04. The van der Waals surface area contributed by atoms with Crippen LogP contribution in [0.2, 0.25) is 0 Å². The number of hydrogen-bond donors (Lipinski definition) is 1. The number of nitrogens with zero attached hydrogens (tertiary/aromatic N) is 2. The average Bonchev–Trinajstić information content (AvgIpc) is 2.86. The van der Waals surface area contributed by atoms with E-state index in [1.165, 1.54) is 11.3 Å². The van der Waals surface area contributed by atoms with Crippen LogP contribution in [-0.4, -0.2) is 18.6 Å². The quantitative estimate of drug-likeness (QED) is 0.756. The van der Waals surface area contributed by atoms with Crippen molar-refractivity contribution < 1.29 is 8.42 Å². The van der Waals surface area contributed by atoms with Crippen molar-refractivity contribution in [2.45, 2.75) is 38.4 Å². The molecule has 2 aromatic rings. The standard InChI is InChI=1S/C14H19N3O2S2/c1-2-3-5-10-13-15-16-14(20-13)17-21(18,19)11-12-8-6-4-7-9-12/h4,6-9H,2-3,5,10-11H2,1H3,(H,16,17). The van der Waals surface area contributed by atoms with Crippen molar-refractivity contribution in [2.75, 3.05) is 4.72 Å². The monoisotopic (exact) mass is 325 g/mol. The predicted octanol–water partition coefficient (Wildman–Crippen LogP) is 3.21. The summed E-state index contributed by atoms with van der Waals surface area (Å²) in [6.45, 7) is 2.14. The van der Waals surface area contributed by atoms with E-state index >= 15 is 0 Å². The van der Waals surface area contributed by atoms with Gasteiger partial charge in [-0.05, 0) is 12.0 Å². The molecule has 0 saturated heterocycles. The fraction of sp³-hybridized carbons (Fsp3) is 0.429. The van der Waals surface area contributed by atoms with Gasteiger partial charge in [-0.3, -0.25) is 4.72 Å². The van der Waals surface area contributed by atoms with Gasteiger partial charge in [-0.1, -0.05) is 61.4 Å². The van der Waals surface area contributed by atoms with Crippen LogP contribution in [-0.2, 0) is 22.2 Å². The summed E-state index contributed by atoms with van der Waals surface area (Å²) in [5.74, 6) is -0.0570. The molecule has 0 aliphatic carbocycles. The van der Waals surface area contributed by atoms with Crippen molar-refractivity contribution in [3.63, 3.8) is 0 Å². The molecule has 0 spiro atoms. The summed E-state index contributed by atoms with van der Waals surface area (Å²) < 4.78 is 26.6. The van der Waals surface area contributed by atoms with Gasteiger partial charge in [-0.25, -0.2) is 8.42 Å². The van der Waals surface area contributed by atoms with Crippen molar-refractivity contribution >= 4 is 26.5 Å². The van der Waals surface area contributed by atoms with E-state index in [9.17, 15) is 8.42 Å². The van der Waals surface area contributed by atoms with E-state index in [4.69, 9.17) is 0 Å². The predicted molar refractivity (Wildman–Crippen MR) is 85.8 cm³/mol. The number of hydrogen-bond acceptors (Lipinski definition) is 5. The number of nitrogens with one attached hydrogen (secondary N) is 1. The molecule has 0 radical (unpaired) electrons. The lowest BCUT2D eigenvalue weighted by Crippen LogP contribution is -2.14. The minimum absolute atomic E-state index is 0.0570. The molecule has 7 heteroatoms. The van der Waals surface area contributed by atoms with E-state index in [2.05, 4.69) is 21.8 Å². The third kappa shape index (κ3) is 5.43. The zero-order valence-electron chi connectivity index (χ0n) is 11.9. The highest BCUT2D eigenvalue weighted by Crippen LogP contribution is 2.19. The Bertz CT molecular complexity index is 654. The van der Waals surface area contributed by atoms with Gasteiger partial charge in [0.25, 0.3) is 0 Å². The van der Waals surface area contributed by atoms with Gasteiger partial charge in [0.1, 0.15) is 5.01 Å². The first-order chi connectivity index (χ1) is 10.1. The van der Waals surface area contributed by atoms with Crippen LogP contribution in [0.15, 0.2) is 30.3 Å². The molecule has 21 heavy (non-hydrogen) atoms. The van der Waals surface area contributed by atoms with Crippen molar-refractivity contribution in [3.8, 4) is 0 Å². The Balaban J connectivity index is 1.94. The molecule has 0 aliphatic heterocycles. The number of aromatic nitrogens is 2. The molecule has 114 valence electrons. The van der Waals surface area contributed by atoms with Gasteiger partial charge in [-0.15, -0.1) is 10.2 Å². The van der Waals surface area contributed by atoms with Crippen molar-refractivity contribution in [1.29, 1.82) is 0 Å². The molecule has 5 nitrogen and oxygen atoms in total. The molecule has 1 aromatic carbocycles. The number of unbranched alkanes of at least 4 members (excludes halogenated alkanes) is 2. The second kappa shape index (κ2) is 7.51. The van der Waals surface area contributed by atoms with Gasteiger partial charge in [-0.2, -0.15) is 0 Å². The van der Waals surface area contributed by atoms with Crippen molar-refractivity contribution in [3.05, 3.63) is 40.9 Å². The van der Waals surface area contributed by atoms with Gasteiger partial charge in [0.15, 0.2) is 0 Å². The van der Waals surface area contributed by atoms with E-state index in [1.54, 1.807) is 12.1 Å². The molecule has 0 unspecified atom stereocenters.